The van der Waals surface area contributed by atoms with Gasteiger partial charge in [0.2, 0.25) is 0 Å². The summed E-state index contributed by atoms with van der Waals surface area (Å²) in [5.41, 5.74) is 1.05. The van der Waals surface area contributed by atoms with Gasteiger partial charge in [0.05, 0.1) is 0 Å². The van der Waals surface area contributed by atoms with Gasteiger partial charge in [-0.1, -0.05) is 30.3 Å². The van der Waals surface area contributed by atoms with Gasteiger partial charge in [0.1, 0.15) is 5.78 Å². The molecule has 1 aromatic carbocycles. The van der Waals surface area contributed by atoms with E-state index in [1.165, 1.54) is 6.92 Å². The van der Waals surface area contributed by atoms with E-state index in [2.05, 4.69) is 0 Å². The molecule has 0 bridgehead atoms. The van der Waals surface area contributed by atoms with Crippen molar-refractivity contribution in [3.05, 3.63) is 35.9 Å². The summed E-state index contributed by atoms with van der Waals surface area (Å²) in [6.07, 6.45) is -0.0803. The number of hydrogen-bond donors (Lipinski definition) is 0. The Kier molecular flexibility index (Phi) is 2.35. The zero-order chi connectivity index (χ0) is 8.97. The molecular weight excluding hydrogens is 136 g/mol. The fourth-order valence-corrected chi connectivity index (χ4v) is 0.876. The molecule has 11 heavy (non-hydrogen) atoms. The summed E-state index contributed by atoms with van der Waals surface area (Å²) in [6, 6.07) is 9.63. The molecule has 0 fully saturated rings. The SMILES string of the molecule is [2H][C@@H](Cc1ccccc1)C(C)=O. The Balaban J connectivity index is 2.58. The van der Waals surface area contributed by atoms with E-state index in [4.69, 9.17) is 1.37 Å². The molecular formula is C10H12O. The van der Waals surface area contributed by atoms with Crippen molar-refractivity contribution < 1.29 is 6.17 Å². The van der Waals surface area contributed by atoms with Crippen LogP contribution in [-0.4, -0.2) is 5.78 Å². The van der Waals surface area contributed by atoms with Crippen LogP contribution in [0.1, 0.15) is 20.3 Å². The third-order valence-electron chi connectivity index (χ3n) is 1.47. The second-order valence-corrected chi connectivity index (χ2v) is 2.50. The minimum absolute atomic E-state index is 0.0705. The maximum absolute atomic E-state index is 10.8. The van der Waals surface area contributed by atoms with Crippen LogP contribution in [0.4, 0.5) is 0 Å². The van der Waals surface area contributed by atoms with E-state index in [1.807, 2.05) is 30.3 Å². The summed E-state index contributed by atoms with van der Waals surface area (Å²) in [7, 11) is 0. The normalized spacial score (nSPS) is 13.7. The van der Waals surface area contributed by atoms with Crippen molar-refractivity contribution in [1.29, 1.82) is 0 Å². The van der Waals surface area contributed by atoms with Crippen molar-refractivity contribution in [2.45, 2.75) is 19.7 Å². The van der Waals surface area contributed by atoms with E-state index < -0.39 is 6.40 Å². The molecule has 0 heterocycles. The van der Waals surface area contributed by atoms with Crippen LogP contribution in [-0.2, 0) is 11.2 Å². The standard InChI is InChI=1S/C10H12O/c1-9(11)7-8-10-5-3-2-4-6-10/h2-6H,7-8H2,1H3/i7D/t7-/m0/s1. The molecule has 0 spiro atoms. The largest absolute Gasteiger partial charge is 0.300 e. The number of aryl methyl sites for hydroxylation is 1. The average Bonchev–Trinajstić information content (AvgIpc) is 2.06. The molecule has 1 aromatic rings. The van der Waals surface area contributed by atoms with E-state index in [0.717, 1.165) is 5.56 Å². The van der Waals surface area contributed by atoms with E-state index >= 15 is 0 Å². The molecule has 0 aromatic heterocycles. The van der Waals surface area contributed by atoms with Crippen LogP contribution in [0.15, 0.2) is 30.3 Å². The first-order chi connectivity index (χ1) is 5.70. The number of Topliss-reactive ketones (excluding diaryl/α,β-unsaturated/α-hetero) is 1. The van der Waals surface area contributed by atoms with Crippen LogP contribution in [0.3, 0.4) is 0 Å². The zero-order valence-electron chi connectivity index (χ0n) is 7.58. The number of benzene rings is 1. The summed E-state index contributed by atoms with van der Waals surface area (Å²) in [6.45, 7) is 1.46. The smallest absolute Gasteiger partial charge is 0.130 e. The zero-order valence-corrected chi connectivity index (χ0v) is 6.58. The summed E-state index contributed by atoms with van der Waals surface area (Å²) < 4.78 is 7.41. The molecule has 1 nitrogen and oxygen atoms in total. The van der Waals surface area contributed by atoms with Gasteiger partial charge < -0.3 is 4.79 Å². The number of carbonyl (C=O) groups excluding carboxylic acids is 1. The number of rotatable bonds is 3. The van der Waals surface area contributed by atoms with Gasteiger partial charge in [0.15, 0.2) is 0 Å². The van der Waals surface area contributed by atoms with Crippen LogP contribution in [0.2, 0.25) is 0 Å². The average molecular weight is 149 g/mol. The highest BCUT2D eigenvalue weighted by Crippen LogP contribution is 2.01. The highest BCUT2D eigenvalue weighted by molar-refractivity contribution is 5.75. The van der Waals surface area contributed by atoms with Crippen LogP contribution >= 0.6 is 0 Å². The molecule has 0 aliphatic rings. The van der Waals surface area contributed by atoms with Gasteiger partial charge in [0, 0.05) is 7.77 Å². The van der Waals surface area contributed by atoms with E-state index in [0.29, 0.717) is 6.42 Å². The highest BCUT2D eigenvalue weighted by Gasteiger charge is 1.94. The molecule has 58 valence electrons. The van der Waals surface area contributed by atoms with E-state index in [1.54, 1.807) is 0 Å². The van der Waals surface area contributed by atoms with Gasteiger partial charge in [0.25, 0.3) is 0 Å². The lowest BCUT2D eigenvalue weighted by atomic mass is 10.1. The van der Waals surface area contributed by atoms with E-state index in [9.17, 15) is 4.79 Å². The summed E-state index contributed by atoms with van der Waals surface area (Å²) in [4.78, 5) is 10.8. The van der Waals surface area contributed by atoms with Gasteiger partial charge in [-0.05, 0) is 18.9 Å². The van der Waals surface area contributed by atoms with Gasteiger partial charge in [-0.3, -0.25) is 0 Å². The molecule has 0 aliphatic heterocycles. The molecule has 1 heteroatoms. The lowest BCUT2D eigenvalue weighted by Gasteiger charge is -1.96. The van der Waals surface area contributed by atoms with Crippen molar-refractivity contribution >= 4 is 5.78 Å². The Bertz CT molecular complexity index is 256. The Morgan fingerprint density at radius 1 is 1.45 bits per heavy atom. The van der Waals surface area contributed by atoms with Crippen molar-refractivity contribution in [3.8, 4) is 0 Å². The third-order valence-corrected chi connectivity index (χ3v) is 1.47. The molecule has 0 amide bonds. The molecule has 1 atom stereocenters. The first-order valence-corrected chi connectivity index (χ1v) is 3.67. The Labute approximate surface area is 68.5 Å². The number of hydrogen-bond acceptors (Lipinski definition) is 1. The second-order valence-electron chi connectivity index (χ2n) is 2.50. The summed E-state index contributed by atoms with van der Waals surface area (Å²) >= 11 is 0. The molecule has 0 radical (unpaired) electrons. The first kappa shape index (κ1) is 6.59. The molecule has 0 saturated carbocycles. The lowest BCUT2D eigenvalue weighted by Crippen LogP contribution is -1.92. The van der Waals surface area contributed by atoms with Crippen LogP contribution in [0, 0.1) is 0 Å². The van der Waals surface area contributed by atoms with Crippen molar-refractivity contribution in [1.82, 2.24) is 0 Å². The van der Waals surface area contributed by atoms with Crippen LogP contribution < -0.4 is 0 Å². The maximum atomic E-state index is 10.8. The molecule has 1 rings (SSSR count). The Morgan fingerprint density at radius 3 is 2.64 bits per heavy atom. The monoisotopic (exact) mass is 149 g/mol. The number of carbonyl (C=O) groups is 1. The Morgan fingerprint density at radius 2 is 2.09 bits per heavy atom. The maximum Gasteiger partial charge on any atom is 0.130 e. The predicted molar refractivity (Wildman–Crippen MR) is 45.4 cm³/mol. The van der Waals surface area contributed by atoms with Gasteiger partial charge in [-0.15, -0.1) is 0 Å². The van der Waals surface area contributed by atoms with Crippen molar-refractivity contribution in [2.75, 3.05) is 0 Å². The first-order valence-electron chi connectivity index (χ1n) is 4.24. The van der Waals surface area contributed by atoms with Gasteiger partial charge >= 0.3 is 0 Å². The second kappa shape index (κ2) is 3.91. The van der Waals surface area contributed by atoms with Crippen molar-refractivity contribution in [2.24, 2.45) is 0 Å². The number of ketones is 1. The van der Waals surface area contributed by atoms with E-state index in [-0.39, 0.29) is 5.78 Å². The molecule has 0 saturated heterocycles. The van der Waals surface area contributed by atoms with Crippen LogP contribution in [0.5, 0.6) is 0 Å². The van der Waals surface area contributed by atoms with Crippen molar-refractivity contribution in [3.63, 3.8) is 0 Å². The van der Waals surface area contributed by atoms with Gasteiger partial charge in [-0.2, -0.15) is 0 Å². The molecule has 0 unspecified atom stereocenters. The summed E-state index contributed by atoms with van der Waals surface area (Å²) in [5, 5.41) is 0. The Hall–Kier alpha value is -1.11. The minimum atomic E-state index is -0.604. The molecule has 0 N–H and O–H groups in total. The predicted octanol–water partition coefficient (Wildman–Crippen LogP) is 2.21. The minimum Gasteiger partial charge on any atom is -0.300 e. The lowest BCUT2D eigenvalue weighted by molar-refractivity contribution is -0.116. The quantitative estimate of drug-likeness (QED) is 0.644. The third kappa shape index (κ3) is 2.99. The molecule has 0 aliphatic carbocycles. The topological polar surface area (TPSA) is 17.1 Å². The van der Waals surface area contributed by atoms with Gasteiger partial charge in [-0.25, -0.2) is 0 Å². The van der Waals surface area contributed by atoms with Crippen LogP contribution in [0.25, 0.3) is 0 Å². The fraction of sp³-hybridized carbons (Fsp3) is 0.300. The summed E-state index contributed by atoms with van der Waals surface area (Å²) in [5.74, 6) is -0.0705. The highest BCUT2D eigenvalue weighted by atomic mass is 16.1. The fourth-order valence-electron chi connectivity index (χ4n) is 0.876.